The van der Waals surface area contributed by atoms with Crippen molar-refractivity contribution in [2.45, 2.75) is 25.9 Å². The summed E-state index contributed by atoms with van der Waals surface area (Å²) in [6.07, 6.45) is 2.05. The van der Waals surface area contributed by atoms with E-state index in [1.807, 2.05) is 48.7 Å². The van der Waals surface area contributed by atoms with Gasteiger partial charge in [-0.15, -0.1) is 0 Å². The summed E-state index contributed by atoms with van der Waals surface area (Å²) in [5, 5.41) is 3.92. The first kappa shape index (κ1) is 32.4. The Labute approximate surface area is 269 Å². The Hall–Kier alpha value is -5.03. The fourth-order valence-corrected chi connectivity index (χ4v) is 5.91. The Morgan fingerprint density at radius 2 is 1.54 bits per heavy atom. The van der Waals surface area contributed by atoms with Gasteiger partial charge in [-0.1, -0.05) is 36.4 Å². The maximum atomic E-state index is 14.2. The van der Waals surface area contributed by atoms with Crippen LogP contribution in [0.2, 0.25) is 0 Å². The second kappa shape index (κ2) is 14.8. The average molecular weight is 628 g/mol. The summed E-state index contributed by atoms with van der Waals surface area (Å²) in [6.45, 7) is 4.45. The molecule has 4 aromatic rings. The Morgan fingerprint density at radius 1 is 0.891 bits per heavy atom. The van der Waals surface area contributed by atoms with E-state index in [2.05, 4.69) is 32.2 Å². The molecule has 1 aromatic heterocycles. The highest BCUT2D eigenvalue weighted by molar-refractivity contribution is 5.99. The van der Waals surface area contributed by atoms with Crippen LogP contribution < -0.4 is 24.4 Å². The van der Waals surface area contributed by atoms with Crippen molar-refractivity contribution in [2.75, 3.05) is 59.0 Å². The van der Waals surface area contributed by atoms with E-state index in [1.54, 1.807) is 12.1 Å². The van der Waals surface area contributed by atoms with Crippen LogP contribution in [0.5, 0.6) is 17.2 Å². The number of benzene rings is 3. The highest BCUT2D eigenvalue weighted by Gasteiger charge is 2.31. The molecule has 1 unspecified atom stereocenters. The Balaban J connectivity index is 1.35. The molecule has 46 heavy (non-hydrogen) atoms. The number of carbonyl (C=O) groups excluding carboxylic acids is 3. The predicted octanol–water partition coefficient (Wildman–Crippen LogP) is 3.62. The zero-order valence-electron chi connectivity index (χ0n) is 26.7. The molecular formula is C35H41N5O6. The number of piperazine rings is 1. The number of nitrogens with one attached hydrogen (secondary N) is 2. The lowest BCUT2D eigenvalue weighted by Crippen LogP contribution is -2.54. The summed E-state index contributed by atoms with van der Waals surface area (Å²) in [6, 6.07) is 20.4. The molecule has 1 aliphatic heterocycles. The van der Waals surface area contributed by atoms with Gasteiger partial charge < -0.3 is 29.4 Å². The molecule has 242 valence electrons. The standard InChI is InChI=1S/C35H41N5O6/c1-24(41)40(22-25-18-31(44-2)34(46-4)32(19-25)45-3)35(43)30(20-26-21-36-29-13-9-8-12-28(26)29)37-33(42)23-38-14-16-39(17-15-38)27-10-6-5-7-11-27/h5-13,18-19,21,30,36H,14-17,20,22-23H2,1-4H3,(H,37,42). The van der Waals surface area contributed by atoms with Crippen LogP contribution in [0.1, 0.15) is 18.1 Å². The minimum Gasteiger partial charge on any atom is -0.493 e. The number of amides is 3. The lowest BCUT2D eigenvalue weighted by molar-refractivity contribution is -0.147. The molecule has 2 N–H and O–H groups in total. The molecule has 0 spiro atoms. The average Bonchev–Trinajstić information content (AvgIpc) is 3.49. The minimum atomic E-state index is -0.983. The van der Waals surface area contributed by atoms with Crippen molar-refractivity contribution >= 4 is 34.3 Å². The Kier molecular flexibility index (Phi) is 10.4. The molecule has 1 aliphatic rings. The van der Waals surface area contributed by atoms with Crippen LogP contribution in [0.4, 0.5) is 5.69 Å². The number of H-pyrrole nitrogens is 1. The summed E-state index contributed by atoms with van der Waals surface area (Å²) >= 11 is 0. The van der Waals surface area contributed by atoms with Gasteiger partial charge in [0.25, 0.3) is 5.91 Å². The van der Waals surface area contributed by atoms with E-state index in [0.717, 1.165) is 40.1 Å². The molecule has 11 nitrogen and oxygen atoms in total. The third-order valence-electron chi connectivity index (χ3n) is 8.30. The van der Waals surface area contributed by atoms with Crippen LogP contribution in [0.3, 0.4) is 0 Å². The van der Waals surface area contributed by atoms with Gasteiger partial charge in [0.1, 0.15) is 6.04 Å². The summed E-state index contributed by atoms with van der Waals surface area (Å²) < 4.78 is 16.4. The Bertz CT molecular complexity index is 1640. The molecule has 1 saturated heterocycles. The first-order chi connectivity index (χ1) is 22.3. The van der Waals surface area contributed by atoms with Gasteiger partial charge in [0, 0.05) is 62.3 Å². The van der Waals surface area contributed by atoms with Crippen LogP contribution >= 0.6 is 0 Å². The monoisotopic (exact) mass is 627 g/mol. The second-order valence-corrected chi connectivity index (χ2v) is 11.3. The van der Waals surface area contributed by atoms with Crippen molar-refractivity contribution in [1.82, 2.24) is 20.1 Å². The lowest BCUT2D eigenvalue weighted by atomic mass is 10.0. The van der Waals surface area contributed by atoms with E-state index in [0.29, 0.717) is 35.9 Å². The van der Waals surface area contributed by atoms with Crippen molar-refractivity contribution in [3.63, 3.8) is 0 Å². The number of hydrogen-bond donors (Lipinski definition) is 2. The number of para-hydroxylation sites is 2. The molecule has 1 fully saturated rings. The van der Waals surface area contributed by atoms with E-state index in [1.165, 1.54) is 28.3 Å². The fraction of sp³-hybridized carbons (Fsp3) is 0.343. The Morgan fingerprint density at radius 3 is 2.17 bits per heavy atom. The molecule has 1 atom stereocenters. The highest BCUT2D eigenvalue weighted by Crippen LogP contribution is 2.38. The third-order valence-corrected chi connectivity index (χ3v) is 8.30. The van der Waals surface area contributed by atoms with Gasteiger partial charge in [0.15, 0.2) is 11.5 Å². The maximum Gasteiger partial charge on any atom is 0.252 e. The van der Waals surface area contributed by atoms with E-state index in [4.69, 9.17) is 14.2 Å². The van der Waals surface area contributed by atoms with Gasteiger partial charge in [0.05, 0.1) is 34.4 Å². The third kappa shape index (κ3) is 7.43. The molecule has 3 amide bonds. The number of nitrogens with zero attached hydrogens (tertiary/aromatic N) is 3. The molecule has 0 radical (unpaired) electrons. The molecule has 5 rings (SSSR count). The normalized spacial score (nSPS) is 14.0. The fourth-order valence-electron chi connectivity index (χ4n) is 5.91. The summed E-state index contributed by atoms with van der Waals surface area (Å²) in [7, 11) is 4.51. The van der Waals surface area contributed by atoms with Gasteiger partial charge in [-0.05, 0) is 41.5 Å². The van der Waals surface area contributed by atoms with Crippen LogP contribution in [0.25, 0.3) is 10.9 Å². The quantitative estimate of drug-likeness (QED) is 0.245. The smallest absolute Gasteiger partial charge is 0.252 e. The van der Waals surface area contributed by atoms with E-state index in [9.17, 15) is 14.4 Å². The minimum absolute atomic E-state index is 0.0490. The topological polar surface area (TPSA) is 116 Å². The van der Waals surface area contributed by atoms with Crippen molar-refractivity contribution < 1.29 is 28.6 Å². The first-order valence-electron chi connectivity index (χ1n) is 15.3. The molecule has 0 saturated carbocycles. The second-order valence-electron chi connectivity index (χ2n) is 11.3. The number of methoxy groups -OCH3 is 3. The van der Waals surface area contributed by atoms with Crippen LogP contribution in [-0.4, -0.2) is 92.6 Å². The largest absolute Gasteiger partial charge is 0.493 e. The van der Waals surface area contributed by atoms with Crippen molar-refractivity contribution in [3.05, 3.63) is 84.1 Å². The number of imide groups is 1. The van der Waals surface area contributed by atoms with E-state index < -0.39 is 17.9 Å². The van der Waals surface area contributed by atoms with Crippen molar-refractivity contribution in [3.8, 4) is 17.2 Å². The number of carbonyl (C=O) groups is 3. The summed E-state index contributed by atoms with van der Waals surface area (Å²) in [5.74, 6) is -0.0125. The van der Waals surface area contributed by atoms with Gasteiger partial charge in [-0.3, -0.25) is 24.2 Å². The van der Waals surface area contributed by atoms with Crippen molar-refractivity contribution in [2.24, 2.45) is 0 Å². The first-order valence-corrected chi connectivity index (χ1v) is 15.3. The van der Waals surface area contributed by atoms with Crippen molar-refractivity contribution in [1.29, 1.82) is 0 Å². The van der Waals surface area contributed by atoms with E-state index >= 15 is 0 Å². The molecule has 0 bridgehead atoms. The summed E-state index contributed by atoms with van der Waals surface area (Å²) in [4.78, 5) is 49.4. The predicted molar refractivity (Wildman–Crippen MR) is 176 cm³/mol. The number of anilines is 1. The zero-order chi connectivity index (χ0) is 32.6. The number of fused-ring (bicyclic) bond motifs is 1. The van der Waals surface area contributed by atoms with Gasteiger partial charge in [-0.25, -0.2) is 0 Å². The van der Waals surface area contributed by atoms with Crippen LogP contribution in [0.15, 0.2) is 72.9 Å². The van der Waals surface area contributed by atoms with Crippen LogP contribution in [-0.2, 0) is 27.3 Å². The van der Waals surface area contributed by atoms with Crippen LogP contribution in [0, 0.1) is 0 Å². The zero-order valence-corrected chi connectivity index (χ0v) is 26.7. The van der Waals surface area contributed by atoms with Gasteiger partial charge in [-0.2, -0.15) is 0 Å². The highest BCUT2D eigenvalue weighted by atomic mass is 16.5. The van der Waals surface area contributed by atoms with E-state index in [-0.39, 0.29) is 25.4 Å². The summed E-state index contributed by atoms with van der Waals surface area (Å²) in [5.41, 5.74) is 3.55. The number of aromatic nitrogens is 1. The lowest BCUT2D eigenvalue weighted by Gasteiger charge is -2.36. The van der Waals surface area contributed by atoms with Gasteiger partial charge >= 0.3 is 0 Å². The number of ether oxygens (including phenoxy) is 3. The molecule has 2 heterocycles. The molecule has 11 heteroatoms. The number of rotatable bonds is 12. The van der Waals surface area contributed by atoms with Gasteiger partial charge in [0.2, 0.25) is 17.6 Å². The maximum absolute atomic E-state index is 14.2. The number of hydrogen-bond acceptors (Lipinski definition) is 8. The molecule has 3 aromatic carbocycles. The molecular weight excluding hydrogens is 586 g/mol. The number of aromatic amines is 1. The molecule has 0 aliphatic carbocycles. The SMILES string of the molecule is COc1cc(CN(C(C)=O)C(=O)C(Cc2c[nH]c3ccccc23)NC(=O)CN2CCN(c3ccccc3)CC2)cc(OC)c1OC.